The van der Waals surface area contributed by atoms with E-state index in [0.717, 1.165) is 18.2 Å². The Morgan fingerprint density at radius 1 is 1.43 bits per heavy atom. The van der Waals surface area contributed by atoms with Gasteiger partial charge in [-0.1, -0.05) is 0 Å². The van der Waals surface area contributed by atoms with Gasteiger partial charge in [-0.25, -0.2) is 13.8 Å². The number of nitrogens with one attached hydrogen (secondary N) is 1. The van der Waals surface area contributed by atoms with Gasteiger partial charge in [-0.05, 0) is 25.1 Å². The molecule has 0 aliphatic carbocycles. The van der Waals surface area contributed by atoms with Crippen molar-refractivity contribution in [1.29, 1.82) is 0 Å². The molecule has 0 unspecified atom stereocenters. The van der Waals surface area contributed by atoms with Gasteiger partial charge in [0.05, 0.1) is 17.9 Å². The summed E-state index contributed by atoms with van der Waals surface area (Å²) >= 11 is 1.34. The number of thiazole rings is 1. The molecule has 1 heterocycles. The lowest BCUT2D eigenvalue weighted by molar-refractivity contribution is -0.116. The topological polar surface area (TPSA) is 45.2 Å². The number of hydrogen-bond donors (Lipinski definition) is 1. The van der Waals surface area contributed by atoms with E-state index in [9.17, 15) is 13.6 Å². The average Bonchev–Trinajstić information content (AvgIpc) is 2.89. The zero-order valence-electron chi connectivity index (χ0n) is 11.7. The molecule has 2 aromatic rings. The first-order valence-electron chi connectivity index (χ1n) is 6.42. The van der Waals surface area contributed by atoms with E-state index < -0.39 is 11.6 Å². The second kappa shape index (κ2) is 6.62. The van der Waals surface area contributed by atoms with E-state index in [2.05, 4.69) is 10.3 Å². The molecule has 1 aromatic heterocycles. The zero-order chi connectivity index (χ0) is 15.4. The third-order valence-corrected chi connectivity index (χ3v) is 3.77. The summed E-state index contributed by atoms with van der Waals surface area (Å²) in [6, 6.07) is 3.22. The molecule has 0 bridgehead atoms. The van der Waals surface area contributed by atoms with Crippen LogP contribution in [0.15, 0.2) is 23.6 Å². The van der Waals surface area contributed by atoms with Crippen molar-refractivity contribution in [3.63, 3.8) is 0 Å². The van der Waals surface area contributed by atoms with E-state index in [0.29, 0.717) is 17.4 Å². The summed E-state index contributed by atoms with van der Waals surface area (Å²) in [7, 11) is 0. The number of hydrogen-bond acceptors (Lipinski definition) is 4. The number of rotatable bonds is 5. The van der Waals surface area contributed by atoms with Crippen molar-refractivity contribution in [2.75, 3.05) is 16.8 Å². The predicted octanol–water partition coefficient (Wildman–Crippen LogP) is 3.41. The van der Waals surface area contributed by atoms with E-state index in [4.69, 9.17) is 0 Å². The number of amides is 1. The van der Waals surface area contributed by atoms with Gasteiger partial charge in [-0.2, -0.15) is 0 Å². The molecule has 1 N–H and O–H groups in total. The molecule has 0 aliphatic heterocycles. The first-order chi connectivity index (χ1) is 10.0. The normalized spacial score (nSPS) is 10.5. The van der Waals surface area contributed by atoms with Crippen molar-refractivity contribution in [2.24, 2.45) is 0 Å². The SMILES string of the molecule is CCN(C(C)=O)c1nc(CNc2cc(F)ccc2F)cs1. The van der Waals surface area contributed by atoms with Crippen LogP contribution >= 0.6 is 11.3 Å². The van der Waals surface area contributed by atoms with Crippen LogP contribution in [0, 0.1) is 11.6 Å². The lowest BCUT2D eigenvalue weighted by Gasteiger charge is -2.14. The van der Waals surface area contributed by atoms with Crippen LogP contribution in [0.1, 0.15) is 19.5 Å². The Morgan fingerprint density at radius 3 is 2.86 bits per heavy atom. The van der Waals surface area contributed by atoms with Crippen LogP contribution in [0.3, 0.4) is 0 Å². The molecule has 112 valence electrons. The minimum absolute atomic E-state index is 0.0810. The molecule has 4 nitrogen and oxygen atoms in total. The smallest absolute Gasteiger partial charge is 0.225 e. The third-order valence-electron chi connectivity index (χ3n) is 2.86. The van der Waals surface area contributed by atoms with Gasteiger partial charge < -0.3 is 5.32 Å². The molecule has 0 aliphatic rings. The van der Waals surface area contributed by atoms with Crippen LogP contribution in [0.2, 0.25) is 0 Å². The highest BCUT2D eigenvalue weighted by atomic mass is 32.1. The number of carbonyl (C=O) groups is 1. The van der Waals surface area contributed by atoms with Crippen molar-refractivity contribution < 1.29 is 13.6 Å². The van der Waals surface area contributed by atoms with E-state index in [1.807, 2.05) is 6.92 Å². The predicted molar refractivity (Wildman–Crippen MR) is 79.5 cm³/mol. The third kappa shape index (κ3) is 3.75. The molecule has 7 heteroatoms. The fraction of sp³-hybridized carbons (Fsp3) is 0.286. The van der Waals surface area contributed by atoms with Crippen molar-refractivity contribution in [3.05, 3.63) is 40.9 Å². The first kappa shape index (κ1) is 15.4. The summed E-state index contributed by atoms with van der Waals surface area (Å²) in [5.41, 5.74) is 0.752. The summed E-state index contributed by atoms with van der Waals surface area (Å²) in [5, 5.41) is 5.18. The molecule has 21 heavy (non-hydrogen) atoms. The molecule has 0 radical (unpaired) electrons. The maximum Gasteiger partial charge on any atom is 0.225 e. The van der Waals surface area contributed by atoms with Crippen LogP contribution in [0.5, 0.6) is 0 Å². The van der Waals surface area contributed by atoms with Crippen molar-refractivity contribution in [3.8, 4) is 0 Å². The minimum Gasteiger partial charge on any atom is -0.377 e. The average molecular weight is 311 g/mol. The van der Waals surface area contributed by atoms with Gasteiger partial charge >= 0.3 is 0 Å². The Kier molecular flexibility index (Phi) is 4.85. The number of halogens is 2. The van der Waals surface area contributed by atoms with E-state index in [-0.39, 0.29) is 18.1 Å². The van der Waals surface area contributed by atoms with Crippen molar-refractivity contribution >= 4 is 28.1 Å². The summed E-state index contributed by atoms with van der Waals surface area (Å²) in [5.74, 6) is -1.11. The van der Waals surface area contributed by atoms with Gasteiger partial charge in [0.15, 0.2) is 5.13 Å². The molecule has 0 fully saturated rings. The molecule has 0 spiro atoms. The molecular formula is C14H15F2N3OS. The monoisotopic (exact) mass is 311 g/mol. The summed E-state index contributed by atoms with van der Waals surface area (Å²) in [6.45, 7) is 4.13. The Balaban J connectivity index is 2.06. The van der Waals surface area contributed by atoms with Crippen molar-refractivity contribution in [2.45, 2.75) is 20.4 Å². The lowest BCUT2D eigenvalue weighted by atomic mass is 10.3. The first-order valence-corrected chi connectivity index (χ1v) is 7.30. The number of aromatic nitrogens is 1. The number of carbonyl (C=O) groups excluding carboxylic acids is 1. The molecule has 1 amide bonds. The fourth-order valence-corrected chi connectivity index (χ4v) is 2.75. The molecule has 0 saturated carbocycles. The molecular weight excluding hydrogens is 296 g/mol. The van der Waals surface area contributed by atoms with Gasteiger partial charge in [0, 0.05) is 18.8 Å². The molecule has 0 atom stereocenters. The minimum atomic E-state index is -0.522. The summed E-state index contributed by atoms with van der Waals surface area (Å²) < 4.78 is 26.5. The highest BCUT2D eigenvalue weighted by Crippen LogP contribution is 2.22. The zero-order valence-corrected chi connectivity index (χ0v) is 12.5. The maximum atomic E-state index is 13.5. The second-order valence-corrected chi connectivity index (χ2v) is 5.20. The number of benzene rings is 1. The Bertz CT molecular complexity index is 645. The number of nitrogens with zero attached hydrogens (tertiary/aromatic N) is 2. The Hall–Kier alpha value is -2.02. The van der Waals surface area contributed by atoms with Crippen LogP contribution < -0.4 is 10.2 Å². The van der Waals surface area contributed by atoms with E-state index in [1.165, 1.54) is 18.3 Å². The Morgan fingerprint density at radius 2 is 2.19 bits per heavy atom. The van der Waals surface area contributed by atoms with Gasteiger partial charge in [-0.15, -0.1) is 11.3 Å². The largest absolute Gasteiger partial charge is 0.377 e. The summed E-state index contributed by atoms with van der Waals surface area (Å²) in [4.78, 5) is 17.3. The molecule has 0 saturated heterocycles. The lowest BCUT2D eigenvalue weighted by Crippen LogP contribution is -2.27. The second-order valence-electron chi connectivity index (χ2n) is 4.36. The van der Waals surface area contributed by atoms with Crippen LogP contribution in [0.25, 0.3) is 0 Å². The maximum absolute atomic E-state index is 13.5. The van der Waals surface area contributed by atoms with E-state index in [1.54, 1.807) is 10.3 Å². The molecule has 1 aromatic carbocycles. The quantitative estimate of drug-likeness (QED) is 0.920. The van der Waals surface area contributed by atoms with Crippen LogP contribution in [-0.4, -0.2) is 17.4 Å². The Labute approximate surface area is 125 Å². The highest BCUT2D eigenvalue weighted by molar-refractivity contribution is 7.14. The van der Waals surface area contributed by atoms with Crippen molar-refractivity contribution in [1.82, 2.24) is 4.98 Å². The number of anilines is 2. The van der Waals surface area contributed by atoms with Gasteiger partial charge in [0.2, 0.25) is 5.91 Å². The van der Waals surface area contributed by atoms with Crippen LogP contribution in [0.4, 0.5) is 19.6 Å². The van der Waals surface area contributed by atoms with Crippen LogP contribution in [-0.2, 0) is 11.3 Å². The van der Waals surface area contributed by atoms with Gasteiger partial charge in [0.25, 0.3) is 0 Å². The van der Waals surface area contributed by atoms with E-state index >= 15 is 0 Å². The van der Waals surface area contributed by atoms with Gasteiger partial charge in [0.1, 0.15) is 11.6 Å². The summed E-state index contributed by atoms with van der Waals surface area (Å²) in [6.07, 6.45) is 0. The fourth-order valence-electron chi connectivity index (χ4n) is 1.81. The standard InChI is InChI=1S/C14H15F2N3OS/c1-3-19(9(2)20)14-18-11(8-21-14)7-17-13-6-10(15)4-5-12(13)16/h4-6,8,17H,3,7H2,1-2H3. The van der Waals surface area contributed by atoms with Gasteiger partial charge in [-0.3, -0.25) is 9.69 Å². The highest BCUT2D eigenvalue weighted by Gasteiger charge is 2.13. The molecule has 2 rings (SSSR count).